The third-order valence-electron chi connectivity index (χ3n) is 4.66. The first-order valence-electron chi connectivity index (χ1n) is 9.01. The van der Waals surface area contributed by atoms with E-state index in [1.807, 2.05) is 0 Å². The molecule has 2 aromatic carbocycles. The van der Waals surface area contributed by atoms with Crippen molar-refractivity contribution in [2.24, 2.45) is 0 Å². The van der Waals surface area contributed by atoms with Crippen molar-refractivity contribution in [2.45, 2.75) is 13.1 Å². The van der Waals surface area contributed by atoms with E-state index >= 15 is 0 Å². The van der Waals surface area contributed by atoms with Gasteiger partial charge in [-0.05, 0) is 75.7 Å². The Labute approximate surface area is 154 Å². The lowest BCUT2D eigenvalue weighted by Crippen LogP contribution is -2.10. The molecule has 4 nitrogen and oxygen atoms in total. The smallest absolute Gasteiger partial charge is 0.0456 e. The Kier molecular flexibility index (Phi) is 4.31. The molecule has 0 unspecified atom stereocenters. The summed E-state index contributed by atoms with van der Waals surface area (Å²) < 4.78 is 0. The van der Waals surface area contributed by atoms with Crippen LogP contribution in [-0.4, -0.2) is 48.0 Å². The molecule has 0 fully saturated rings. The average molecular weight is 346 g/mol. The molecular weight excluding hydrogens is 320 g/mol. The van der Waals surface area contributed by atoms with Crippen LogP contribution < -0.4 is 0 Å². The van der Waals surface area contributed by atoms with Crippen LogP contribution in [0.15, 0.2) is 48.5 Å². The van der Waals surface area contributed by atoms with E-state index in [2.05, 4.69) is 96.5 Å². The largest absolute Gasteiger partial charge is 0.357 e. The minimum atomic E-state index is 0.925. The van der Waals surface area contributed by atoms with Gasteiger partial charge in [0.2, 0.25) is 0 Å². The second-order valence-electron chi connectivity index (χ2n) is 7.67. The van der Waals surface area contributed by atoms with Gasteiger partial charge in [0.05, 0.1) is 0 Å². The fourth-order valence-corrected chi connectivity index (χ4v) is 3.60. The van der Waals surface area contributed by atoms with Crippen molar-refractivity contribution in [3.05, 3.63) is 59.9 Å². The minimum Gasteiger partial charge on any atom is -0.357 e. The second kappa shape index (κ2) is 6.63. The first-order chi connectivity index (χ1) is 12.5. The number of nitrogens with one attached hydrogen (secondary N) is 2. The van der Waals surface area contributed by atoms with Gasteiger partial charge in [0.15, 0.2) is 0 Å². The summed E-state index contributed by atoms with van der Waals surface area (Å²) in [6.07, 6.45) is 0. The van der Waals surface area contributed by atoms with Gasteiger partial charge in [-0.15, -0.1) is 0 Å². The predicted octanol–water partition coefficient (Wildman–Crippen LogP) is 4.44. The highest BCUT2D eigenvalue weighted by Crippen LogP contribution is 2.28. The van der Waals surface area contributed by atoms with Gasteiger partial charge < -0.3 is 19.8 Å². The Morgan fingerprint density at radius 2 is 1.04 bits per heavy atom. The Balaban J connectivity index is 1.69. The number of hydrogen-bond acceptors (Lipinski definition) is 2. The zero-order chi connectivity index (χ0) is 18.3. The SMILES string of the molecule is CN(C)Cc1cc2cc(-c3ccc4[nH]c(CN(C)C)cc4c3)ccc2[nH]1. The Hall–Kier alpha value is -2.56. The van der Waals surface area contributed by atoms with E-state index in [0.29, 0.717) is 0 Å². The third-order valence-corrected chi connectivity index (χ3v) is 4.66. The lowest BCUT2D eigenvalue weighted by atomic mass is 10.0. The summed E-state index contributed by atoms with van der Waals surface area (Å²) in [4.78, 5) is 11.4. The number of hydrogen-bond donors (Lipinski definition) is 2. The molecule has 2 aromatic heterocycles. The van der Waals surface area contributed by atoms with E-state index in [1.54, 1.807) is 0 Å². The molecule has 0 amide bonds. The summed E-state index contributed by atoms with van der Waals surface area (Å²) in [6, 6.07) is 17.8. The Morgan fingerprint density at radius 1 is 0.615 bits per heavy atom. The maximum atomic E-state index is 3.51. The van der Waals surface area contributed by atoms with Gasteiger partial charge in [0.25, 0.3) is 0 Å². The van der Waals surface area contributed by atoms with Crippen LogP contribution in [0.25, 0.3) is 32.9 Å². The maximum absolute atomic E-state index is 3.51. The monoisotopic (exact) mass is 346 g/mol. The van der Waals surface area contributed by atoms with Gasteiger partial charge in [-0.1, -0.05) is 12.1 Å². The number of nitrogens with zero attached hydrogens (tertiary/aromatic N) is 2. The van der Waals surface area contributed by atoms with Crippen molar-refractivity contribution in [3.63, 3.8) is 0 Å². The highest BCUT2D eigenvalue weighted by Gasteiger charge is 2.07. The molecule has 4 rings (SSSR count). The molecule has 0 bridgehead atoms. The van der Waals surface area contributed by atoms with Crippen molar-refractivity contribution in [1.29, 1.82) is 0 Å². The molecule has 26 heavy (non-hydrogen) atoms. The van der Waals surface area contributed by atoms with Crippen LogP contribution in [0.5, 0.6) is 0 Å². The zero-order valence-corrected chi connectivity index (χ0v) is 15.9. The van der Waals surface area contributed by atoms with Crippen LogP contribution in [0.4, 0.5) is 0 Å². The molecule has 0 aliphatic heterocycles. The summed E-state index contributed by atoms with van der Waals surface area (Å²) in [7, 11) is 8.36. The lowest BCUT2D eigenvalue weighted by molar-refractivity contribution is 0.398. The van der Waals surface area contributed by atoms with Gasteiger partial charge >= 0.3 is 0 Å². The van der Waals surface area contributed by atoms with Crippen molar-refractivity contribution in [2.75, 3.05) is 28.2 Å². The quantitative estimate of drug-likeness (QED) is 0.561. The van der Waals surface area contributed by atoms with Crippen molar-refractivity contribution in [1.82, 2.24) is 19.8 Å². The number of fused-ring (bicyclic) bond motifs is 2. The lowest BCUT2D eigenvalue weighted by Gasteiger charge is -2.06. The first kappa shape index (κ1) is 16.9. The summed E-state index contributed by atoms with van der Waals surface area (Å²) >= 11 is 0. The van der Waals surface area contributed by atoms with Gasteiger partial charge in [0.1, 0.15) is 0 Å². The molecule has 4 aromatic rings. The molecular formula is C22H26N4. The van der Waals surface area contributed by atoms with E-state index in [9.17, 15) is 0 Å². The van der Waals surface area contributed by atoms with Crippen LogP contribution in [0, 0.1) is 0 Å². The van der Waals surface area contributed by atoms with Crippen LogP contribution in [0.2, 0.25) is 0 Å². The molecule has 134 valence electrons. The minimum absolute atomic E-state index is 0.925. The summed E-state index contributed by atoms with van der Waals surface area (Å²) in [5, 5.41) is 2.53. The zero-order valence-electron chi connectivity index (χ0n) is 15.9. The summed E-state index contributed by atoms with van der Waals surface area (Å²) in [6.45, 7) is 1.85. The predicted molar refractivity (Wildman–Crippen MR) is 110 cm³/mol. The highest BCUT2D eigenvalue weighted by atomic mass is 15.1. The molecule has 0 aliphatic carbocycles. The fourth-order valence-electron chi connectivity index (χ4n) is 3.60. The fraction of sp³-hybridized carbons (Fsp3) is 0.273. The molecule has 0 radical (unpaired) electrons. The van der Waals surface area contributed by atoms with Crippen LogP contribution >= 0.6 is 0 Å². The van der Waals surface area contributed by atoms with Gasteiger partial charge in [-0.2, -0.15) is 0 Å². The summed E-state index contributed by atoms with van der Waals surface area (Å²) in [5.74, 6) is 0. The number of aromatic nitrogens is 2. The van der Waals surface area contributed by atoms with Gasteiger partial charge in [-0.3, -0.25) is 0 Å². The van der Waals surface area contributed by atoms with Crippen molar-refractivity contribution < 1.29 is 0 Å². The first-order valence-corrected chi connectivity index (χ1v) is 9.01. The molecule has 0 spiro atoms. The van der Waals surface area contributed by atoms with E-state index in [1.165, 1.54) is 44.3 Å². The molecule has 0 saturated heterocycles. The number of aromatic amines is 2. The van der Waals surface area contributed by atoms with Gasteiger partial charge in [-0.25, -0.2) is 0 Å². The Bertz CT molecular complexity index is 967. The maximum Gasteiger partial charge on any atom is 0.0456 e. The van der Waals surface area contributed by atoms with Crippen LogP contribution in [0.3, 0.4) is 0 Å². The molecule has 0 saturated carbocycles. The normalized spacial score (nSPS) is 12.1. The van der Waals surface area contributed by atoms with E-state index < -0.39 is 0 Å². The molecule has 0 atom stereocenters. The second-order valence-corrected chi connectivity index (χ2v) is 7.67. The van der Waals surface area contributed by atoms with Gasteiger partial charge in [0, 0.05) is 46.3 Å². The highest BCUT2D eigenvalue weighted by molar-refractivity contribution is 5.90. The van der Waals surface area contributed by atoms with E-state index in [0.717, 1.165) is 13.1 Å². The topological polar surface area (TPSA) is 38.1 Å². The van der Waals surface area contributed by atoms with Crippen LogP contribution in [-0.2, 0) is 13.1 Å². The standard InChI is InChI=1S/C22H26N4/c1-25(2)13-19-11-17-9-15(5-7-21(17)23-19)16-6-8-22-18(10-16)12-20(24-22)14-26(3)4/h5-12,23-24H,13-14H2,1-4H3. The molecule has 2 N–H and O–H groups in total. The average Bonchev–Trinajstić information content (AvgIpc) is 3.14. The molecule has 0 aliphatic rings. The molecule has 4 heteroatoms. The number of rotatable bonds is 5. The number of benzene rings is 2. The third kappa shape index (κ3) is 3.39. The van der Waals surface area contributed by atoms with Crippen molar-refractivity contribution in [3.8, 4) is 11.1 Å². The Morgan fingerprint density at radius 3 is 1.42 bits per heavy atom. The van der Waals surface area contributed by atoms with E-state index in [-0.39, 0.29) is 0 Å². The molecule has 2 heterocycles. The van der Waals surface area contributed by atoms with Crippen molar-refractivity contribution >= 4 is 21.8 Å². The van der Waals surface area contributed by atoms with E-state index in [4.69, 9.17) is 0 Å². The summed E-state index contributed by atoms with van der Waals surface area (Å²) in [5.41, 5.74) is 7.40. The van der Waals surface area contributed by atoms with Crippen LogP contribution in [0.1, 0.15) is 11.4 Å². The number of H-pyrrole nitrogens is 2.